The smallest absolute Gasteiger partial charge is 0.242 e. The summed E-state index contributed by atoms with van der Waals surface area (Å²) in [5.74, 6) is 0.678. The highest BCUT2D eigenvalue weighted by Gasteiger charge is 2.13. The molecule has 0 unspecified atom stereocenters. The maximum absolute atomic E-state index is 12.0. The van der Waals surface area contributed by atoms with Crippen LogP contribution in [0.4, 0.5) is 0 Å². The summed E-state index contributed by atoms with van der Waals surface area (Å²) in [7, 11) is -3.64. The lowest BCUT2D eigenvalue weighted by Crippen LogP contribution is -2.28. The highest BCUT2D eigenvalue weighted by Crippen LogP contribution is 2.09. The zero-order valence-electron chi connectivity index (χ0n) is 11.1. The second kappa shape index (κ2) is 6.83. The number of rotatable bonds is 6. The third-order valence-electron chi connectivity index (χ3n) is 2.57. The van der Waals surface area contributed by atoms with E-state index in [1.807, 2.05) is 24.3 Å². The van der Waals surface area contributed by atoms with Crippen molar-refractivity contribution in [3.8, 4) is 11.8 Å². The van der Waals surface area contributed by atoms with Gasteiger partial charge in [0.05, 0.1) is 0 Å². The molecule has 0 spiro atoms. The minimum atomic E-state index is -3.64. The van der Waals surface area contributed by atoms with Crippen LogP contribution >= 0.6 is 0 Å². The van der Waals surface area contributed by atoms with Crippen LogP contribution in [0.2, 0.25) is 0 Å². The van der Waals surface area contributed by atoms with Gasteiger partial charge in [-0.25, -0.2) is 18.1 Å². The number of nitrogens with one attached hydrogen (secondary N) is 1. The standard InChI is InChI=1S/C14H13N3O3S/c15-10-12-6-7-14(11-16-12)21(18,19)17-8-9-20-13-4-2-1-3-5-13/h1-7,11,17H,8-9H2. The SMILES string of the molecule is N#Cc1ccc(S(=O)(=O)NCCOc2ccccc2)cn1. The van der Waals surface area contributed by atoms with Crippen molar-refractivity contribution >= 4 is 10.0 Å². The summed E-state index contributed by atoms with van der Waals surface area (Å²) in [6.45, 7) is 0.351. The largest absolute Gasteiger partial charge is 0.492 e. The molecular formula is C14H13N3O3S. The maximum atomic E-state index is 12.0. The van der Waals surface area contributed by atoms with Gasteiger partial charge in [0, 0.05) is 12.7 Å². The minimum Gasteiger partial charge on any atom is -0.492 e. The predicted molar refractivity (Wildman–Crippen MR) is 76.1 cm³/mol. The van der Waals surface area contributed by atoms with Crippen molar-refractivity contribution in [2.75, 3.05) is 13.2 Å². The number of benzene rings is 1. The summed E-state index contributed by atoms with van der Waals surface area (Å²) >= 11 is 0. The average Bonchev–Trinajstić information content (AvgIpc) is 2.53. The van der Waals surface area contributed by atoms with Crippen LogP contribution in [0.15, 0.2) is 53.6 Å². The molecule has 7 heteroatoms. The molecule has 0 amide bonds. The van der Waals surface area contributed by atoms with E-state index in [4.69, 9.17) is 10.00 Å². The van der Waals surface area contributed by atoms with Crippen molar-refractivity contribution in [2.45, 2.75) is 4.90 Å². The van der Waals surface area contributed by atoms with E-state index in [0.717, 1.165) is 6.20 Å². The number of hydrogen-bond acceptors (Lipinski definition) is 5. The number of hydrogen-bond donors (Lipinski definition) is 1. The second-order valence-electron chi connectivity index (χ2n) is 4.05. The molecule has 0 saturated carbocycles. The molecule has 0 atom stereocenters. The molecule has 108 valence electrons. The molecule has 0 aliphatic carbocycles. The van der Waals surface area contributed by atoms with Crippen molar-refractivity contribution in [3.63, 3.8) is 0 Å². The molecule has 6 nitrogen and oxygen atoms in total. The van der Waals surface area contributed by atoms with Gasteiger partial charge in [0.1, 0.15) is 29.0 Å². The van der Waals surface area contributed by atoms with Crippen molar-refractivity contribution in [1.82, 2.24) is 9.71 Å². The van der Waals surface area contributed by atoms with E-state index in [1.165, 1.54) is 12.1 Å². The maximum Gasteiger partial charge on any atom is 0.242 e. The molecule has 2 rings (SSSR count). The molecule has 0 aliphatic heterocycles. The van der Waals surface area contributed by atoms with Gasteiger partial charge in [-0.3, -0.25) is 0 Å². The van der Waals surface area contributed by atoms with E-state index in [9.17, 15) is 8.42 Å². The van der Waals surface area contributed by atoms with E-state index in [0.29, 0.717) is 5.75 Å². The molecule has 0 fully saturated rings. The molecule has 0 saturated heterocycles. The van der Waals surface area contributed by atoms with Crippen LogP contribution in [0, 0.1) is 11.3 Å². The Morgan fingerprint density at radius 1 is 1.19 bits per heavy atom. The number of para-hydroxylation sites is 1. The van der Waals surface area contributed by atoms with Gasteiger partial charge in [-0.1, -0.05) is 18.2 Å². The van der Waals surface area contributed by atoms with Gasteiger partial charge in [0.2, 0.25) is 10.0 Å². The fraction of sp³-hybridized carbons (Fsp3) is 0.143. The monoisotopic (exact) mass is 303 g/mol. The average molecular weight is 303 g/mol. The van der Waals surface area contributed by atoms with Gasteiger partial charge in [-0.05, 0) is 24.3 Å². The fourth-order valence-electron chi connectivity index (χ4n) is 1.55. The van der Waals surface area contributed by atoms with E-state index in [1.54, 1.807) is 12.1 Å². The lowest BCUT2D eigenvalue weighted by atomic mass is 10.3. The molecule has 1 heterocycles. The minimum absolute atomic E-state index is 0.0150. The highest BCUT2D eigenvalue weighted by molar-refractivity contribution is 7.89. The van der Waals surface area contributed by atoms with Crippen LogP contribution in [0.5, 0.6) is 5.75 Å². The van der Waals surface area contributed by atoms with Gasteiger partial charge >= 0.3 is 0 Å². The Morgan fingerprint density at radius 2 is 1.95 bits per heavy atom. The van der Waals surface area contributed by atoms with Crippen molar-refractivity contribution in [2.24, 2.45) is 0 Å². The van der Waals surface area contributed by atoms with Crippen molar-refractivity contribution in [1.29, 1.82) is 5.26 Å². The van der Waals surface area contributed by atoms with Crippen LogP contribution < -0.4 is 9.46 Å². The molecule has 21 heavy (non-hydrogen) atoms. The van der Waals surface area contributed by atoms with Crippen LogP contribution in [-0.2, 0) is 10.0 Å². The lowest BCUT2D eigenvalue weighted by Gasteiger charge is -2.08. The summed E-state index contributed by atoms with van der Waals surface area (Å²) in [5, 5.41) is 8.62. The quantitative estimate of drug-likeness (QED) is 0.812. The number of nitriles is 1. The number of pyridine rings is 1. The second-order valence-corrected chi connectivity index (χ2v) is 5.82. The zero-order chi connectivity index (χ0) is 15.1. The van der Waals surface area contributed by atoms with Crippen LogP contribution in [0.1, 0.15) is 5.69 Å². The molecule has 2 aromatic rings. The number of nitrogens with zero attached hydrogens (tertiary/aromatic N) is 2. The first kappa shape index (κ1) is 15.0. The van der Waals surface area contributed by atoms with E-state index in [2.05, 4.69) is 9.71 Å². The number of ether oxygens (including phenoxy) is 1. The Bertz CT molecular complexity index is 722. The first-order valence-corrected chi connectivity index (χ1v) is 7.64. The van der Waals surface area contributed by atoms with Crippen LogP contribution in [0.25, 0.3) is 0 Å². The Labute approximate surface area is 123 Å². The lowest BCUT2D eigenvalue weighted by molar-refractivity contribution is 0.323. The Morgan fingerprint density at radius 3 is 2.57 bits per heavy atom. The molecule has 1 N–H and O–H groups in total. The molecule has 1 aromatic carbocycles. The fourth-order valence-corrected chi connectivity index (χ4v) is 2.51. The van der Waals surface area contributed by atoms with Crippen molar-refractivity contribution in [3.05, 3.63) is 54.4 Å². The summed E-state index contributed by atoms with van der Waals surface area (Å²) in [5.41, 5.74) is 0.168. The van der Waals surface area contributed by atoms with Gasteiger partial charge in [0.15, 0.2) is 0 Å². The summed E-state index contributed by atoms with van der Waals surface area (Å²) < 4.78 is 31.7. The molecule has 1 aromatic heterocycles. The first-order chi connectivity index (χ1) is 10.1. The number of aromatic nitrogens is 1. The summed E-state index contributed by atoms with van der Waals surface area (Å²) in [4.78, 5) is 3.74. The normalized spacial score (nSPS) is 10.8. The summed E-state index contributed by atoms with van der Waals surface area (Å²) in [6.07, 6.45) is 1.15. The van der Waals surface area contributed by atoms with Crippen molar-refractivity contribution < 1.29 is 13.2 Å². The van der Waals surface area contributed by atoms with Crippen LogP contribution in [0.3, 0.4) is 0 Å². The molecule has 0 bridgehead atoms. The predicted octanol–water partition coefficient (Wildman–Crippen LogP) is 1.31. The van der Waals surface area contributed by atoms with E-state index < -0.39 is 10.0 Å². The highest BCUT2D eigenvalue weighted by atomic mass is 32.2. The number of sulfonamides is 1. The Hall–Kier alpha value is -2.43. The summed E-state index contributed by atoms with van der Waals surface area (Å²) in [6, 6.07) is 13.6. The third-order valence-corrected chi connectivity index (χ3v) is 4.01. The van der Waals surface area contributed by atoms with Gasteiger partial charge in [0.25, 0.3) is 0 Å². The van der Waals surface area contributed by atoms with Gasteiger partial charge < -0.3 is 4.74 Å². The Balaban J connectivity index is 1.88. The third kappa shape index (κ3) is 4.27. The van der Waals surface area contributed by atoms with E-state index in [-0.39, 0.29) is 23.7 Å². The van der Waals surface area contributed by atoms with E-state index >= 15 is 0 Å². The first-order valence-electron chi connectivity index (χ1n) is 6.15. The topological polar surface area (TPSA) is 92.1 Å². The van der Waals surface area contributed by atoms with Gasteiger partial charge in [-0.15, -0.1) is 0 Å². The van der Waals surface area contributed by atoms with Gasteiger partial charge in [-0.2, -0.15) is 5.26 Å². The zero-order valence-corrected chi connectivity index (χ0v) is 11.9. The molecular weight excluding hydrogens is 290 g/mol. The Kier molecular flexibility index (Phi) is 4.87. The molecule has 0 aliphatic rings. The molecule has 0 radical (unpaired) electrons. The van der Waals surface area contributed by atoms with Crippen LogP contribution in [-0.4, -0.2) is 26.6 Å².